The van der Waals surface area contributed by atoms with Crippen LogP contribution in [0.25, 0.3) is 10.9 Å². The van der Waals surface area contributed by atoms with Crippen molar-refractivity contribution in [1.29, 1.82) is 0 Å². The Labute approximate surface area is 123 Å². The minimum atomic E-state index is -0.357. The van der Waals surface area contributed by atoms with E-state index in [0.29, 0.717) is 22.2 Å². The summed E-state index contributed by atoms with van der Waals surface area (Å²) in [6.07, 6.45) is 4.17. The van der Waals surface area contributed by atoms with E-state index in [1.54, 1.807) is 30.5 Å². The predicted octanol–water partition coefficient (Wildman–Crippen LogP) is 3.99. The van der Waals surface area contributed by atoms with E-state index in [9.17, 15) is 10.1 Å². The van der Waals surface area contributed by atoms with Crippen LogP contribution < -0.4 is 5.32 Å². The molecule has 21 heavy (non-hydrogen) atoms. The van der Waals surface area contributed by atoms with E-state index >= 15 is 0 Å². The van der Waals surface area contributed by atoms with Crippen LogP contribution >= 0.6 is 0 Å². The highest BCUT2D eigenvalue weighted by atomic mass is 16.6. The smallest absolute Gasteiger partial charge is 0.278 e. The van der Waals surface area contributed by atoms with Crippen LogP contribution in [-0.4, -0.2) is 16.5 Å². The molecule has 110 valence electrons. The fourth-order valence-electron chi connectivity index (χ4n) is 2.85. The van der Waals surface area contributed by atoms with Crippen LogP contribution in [0.4, 0.5) is 11.4 Å². The first-order valence-corrected chi connectivity index (χ1v) is 7.29. The standard InChI is InChI=1S/C16H19N3O2/c1-11(2)16(7-8-16)10-18-13-5-6-14(19(20)21)12-4-3-9-17-15(12)13/h3-6,9,11,18H,7-8,10H2,1-2H3. The van der Waals surface area contributed by atoms with Crippen molar-refractivity contribution in [1.82, 2.24) is 4.98 Å². The van der Waals surface area contributed by atoms with Crippen molar-refractivity contribution in [3.8, 4) is 0 Å². The number of aromatic nitrogens is 1. The fourth-order valence-corrected chi connectivity index (χ4v) is 2.85. The summed E-state index contributed by atoms with van der Waals surface area (Å²) in [6.45, 7) is 5.40. The predicted molar refractivity (Wildman–Crippen MR) is 83.4 cm³/mol. The number of rotatable bonds is 5. The van der Waals surface area contributed by atoms with Crippen molar-refractivity contribution >= 4 is 22.3 Å². The van der Waals surface area contributed by atoms with Gasteiger partial charge in [-0.3, -0.25) is 15.1 Å². The van der Waals surface area contributed by atoms with Gasteiger partial charge in [-0.1, -0.05) is 13.8 Å². The largest absolute Gasteiger partial charge is 0.383 e. The van der Waals surface area contributed by atoms with Gasteiger partial charge in [-0.05, 0) is 42.4 Å². The summed E-state index contributed by atoms with van der Waals surface area (Å²) < 4.78 is 0. The topological polar surface area (TPSA) is 68.1 Å². The van der Waals surface area contributed by atoms with Crippen molar-refractivity contribution in [3.05, 3.63) is 40.6 Å². The van der Waals surface area contributed by atoms with Gasteiger partial charge in [0.25, 0.3) is 5.69 Å². The van der Waals surface area contributed by atoms with Gasteiger partial charge in [0.1, 0.15) is 5.52 Å². The quantitative estimate of drug-likeness (QED) is 0.666. The molecular formula is C16H19N3O2. The molecule has 0 aliphatic heterocycles. The summed E-state index contributed by atoms with van der Waals surface area (Å²) in [5, 5.41) is 15.1. The van der Waals surface area contributed by atoms with Gasteiger partial charge in [-0.15, -0.1) is 0 Å². The number of hydrogen-bond acceptors (Lipinski definition) is 4. The highest BCUT2D eigenvalue weighted by Crippen LogP contribution is 2.51. The third-order valence-electron chi connectivity index (χ3n) is 4.69. The third kappa shape index (κ3) is 2.44. The van der Waals surface area contributed by atoms with Gasteiger partial charge in [0.15, 0.2) is 0 Å². The van der Waals surface area contributed by atoms with Gasteiger partial charge >= 0.3 is 0 Å². The van der Waals surface area contributed by atoms with Crippen LogP contribution in [0.1, 0.15) is 26.7 Å². The average Bonchev–Trinajstić information content (AvgIpc) is 3.25. The number of pyridine rings is 1. The van der Waals surface area contributed by atoms with Crippen LogP contribution in [0.5, 0.6) is 0 Å². The van der Waals surface area contributed by atoms with Crippen molar-refractivity contribution in [2.24, 2.45) is 11.3 Å². The van der Waals surface area contributed by atoms with E-state index in [-0.39, 0.29) is 10.6 Å². The lowest BCUT2D eigenvalue weighted by Crippen LogP contribution is -2.21. The number of hydrogen-bond donors (Lipinski definition) is 1. The minimum Gasteiger partial charge on any atom is -0.383 e. The van der Waals surface area contributed by atoms with E-state index < -0.39 is 0 Å². The molecule has 0 bridgehead atoms. The highest BCUT2D eigenvalue weighted by molar-refractivity contribution is 5.96. The minimum absolute atomic E-state index is 0.105. The molecule has 5 nitrogen and oxygen atoms in total. The molecule has 1 heterocycles. The first-order chi connectivity index (χ1) is 10.0. The van der Waals surface area contributed by atoms with Crippen LogP contribution in [0.15, 0.2) is 30.5 Å². The molecule has 1 aliphatic carbocycles. The van der Waals surface area contributed by atoms with Gasteiger partial charge in [-0.2, -0.15) is 0 Å². The molecule has 0 unspecified atom stereocenters. The summed E-state index contributed by atoms with van der Waals surface area (Å²) in [5.41, 5.74) is 2.03. The van der Waals surface area contributed by atoms with Crippen molar-refractivity contribution in [2.75, 3.05) is 11.9 Å². The molecule has 0 radical (unpaired) electrons. The van der Waals surface area contributed by atoms with Crippen molar-refractivity contribution < 1.29 is 4.92 Å². The van der Waals surface area contributed by atoms with Gasteiger partial charge < -0.3 is 5.32 Å². The molecular weight excluding hydrogens is 266 g/mol. The molecule has 5 heteroatoms. The van der Waals surface area contributed by atoms with Crippen molar-refractivity contribution in [2.45, 2.75) is 26.7 Å². The van der Waals surface area contributed by atoms with Crippen LogP contribution in [-0.2, 0) is 0 Å². The molecule has 0 spiro atoms. The zero-order valence-corrected chi connectivity index (χ0v) is 12.3. The Hall–Kier alpha value is -2.17. The number of benzene rings is 1. The van der Waals surface area contributed by atoms with E-state index in [1.807, 2.05) is 0 Å². The molecule has 1 fully saturated rings. The van der Waals surface area contributed by atoms with Gasteiger partial charge in [-0.25, -0.2) is 0 Å². The highest BCUT2D eigenvalue weighted by Gasteiger charge is 2.44. The maximum Gasteiger partial charge on any atom is 0.278 e. The zero-order valence-electron chi connectivity index (χ0n) is 12.3. The molecule has 1 aliphatic rings. The first-order valence-electron chi connectivity index (χ1n) is 7.29. The number of nitrogens with one attached hydrogen (secondary N) is 1. The molecule has 0 atom stereocenters. The summed E-state index contributed by atoms with van der Waals surface area (Å²) >= 11 is 0. The lowest BCUT2D eigenvalue weighted by atomic mass is 9.92. The SMILES string of the molecule is CC(C)C1(CNc2ccc([N+](=O)[O-])c3cccnc23)CC1. The molecule has 1 aromatic carbocycles. The second kappa shape index (κ2) is 4.98. The maximum atomic E-state index is 11.1. The molecule has 2 aromatic rings. The Morgan fingerprint density at radius 2 is 2.14 bits per heavy atom. The monoisotopic (exact) mass is 285 g/mol. The van der Waals surface area contributed by atoms with E-state index in [4.69, 9.17) is 0 Å². The molecule has 3 rings (SSSR count). The number of nitro benzene ring substituents is 1. The van der Waals surface area contributed by atoms with Crippen molar-refractivity contribution in [3.63, 3.8) is 0 Å². The second-order valence-corrected chi connectivity index (χ2v) is 6.16. The van der Waals surface area contributed by atoms with Gasteiger partial charge in [0, 0.05) is 18.8 Å². The Morgan fingerprint density at radius 1 is 1.38 bits per heavy atom. The molecule has 1 N–H and O–H groups in total. The maximum absolute atomic E-state index is 11.1. The summed E-state index contributed by atoms with van der Waals surface area (Å²) in [6, 6.07) is 6.81. The number of fused-ring (bicyclic) bond motifs is 1. The van der Waals surface area contributed by atoms with Crippen LogP contribution in [0, 0.1) is 21.4 Å². The normalized spacial score (nSPS) is 16.1. The molecule has 1 aromatic heterocycles. The molecule has 1 saturated carbocycles. The summed E-state index contributed by atoms with van der Waals surface area (Å²) in [5.74, 6) is 0.641. The Balaban J connectivity index is 1.93. The third-order valence-corrected chi connectivity index (χ3v) is 4.69. The lowest BCUT2D eigenvalue weighted by molar-refractivity contribution is -0.383. The second-order valence-electron chi connectivity index (χ2n) is 6.16. The number of anilines is 1. The number of nitro groups is 1. The summed E-state index contributed by atoms with van der Waals surface area (Å²) in [4.78, 5) is 15.1. The van der Waals surface area contributed by atoms with E-state index in [0.717, 1.165) is 12.2 Å². The Bertz CT molecular complexity index is 693. The number of nitrogens with zero attached hydrogens (tertiary/aromatic N) is 2. The lowest BCUT2D eigenvalue weighted by Gasteiger charge is -2.21. The molecule has 0 amide bonds. The average molecular weight is 285 g/mol. The summed E-state index contributed by atoms with van der Waals surface area (Å²) in [7, 11) is 0. The van der Waals surface area contributed by atoms with Crippen LogP contribution in [0.2, 0.25) is 0 Å². The zero-order chi connectivity index (χ0) is 15.0. The first kappa shape index (κ1) is 13.8. The van der Waals surface area contributed by atoms with E-state index in [2.05, 4.69) is 24.1 Å². The number of non-ortho nitro benzene ring substituents is 1. The fraction of sp³-hybridized carbons (Fsp3) is 0.438. The van der Waals surface area contributed by atoms with Gasteiger partial charge in [0.05, 0.1) is 16.0 Å². The molecule has 0 saturated heterocycles. The van der Waals surface area contributed by atoms with E-state index in [1.165, 1.54) is 12.8 Å². The van der Waals surface area contributed by atoms with Crippen LogP contribution in [0.3, 0.4) is 0 Å². The Kier molecular flexibility index (Phi) is 3.27. The Morgan fingerprint density at radius 3 is 2.76 bits per heavy atom. The van der Waals surface area contributed by atoms with Gasteiger partial charge in [0.2, 0.25) is 0 Å².